The van der Waals surface area contributed by atoms with Crippen LogP contribution in [0.2, 0.25) is 0 Å². The van der Waals surface area contributed by atoms with Gasteiger partial charge in [0.25, 0.3) is 0 Å². The number of hydrogen-bond acceptors (Lipinski definition) is 2. The van der Waals surface area contributed by atoms with Crippen LogP contribution >= 0.6 is 0 Å². The highest BCUT2D eigenvalue weighted by Crippen LogP contribution is 2.17. The zero-order chi connectivity index (χ0) is 11.8. The van der Waals surface area contributed by atoms with E-state index in [1.165, 1.54) is 0 Å². The average molecular weight is 220 g/mol. The first-order valence-electron chi connectivity index (χ1n) is 5.87. The lowest BCUT2D eigenvalue weighted by molar-refractivity contribution is 0.100. The molecule has 2 nitrogen and oxygen atoms in total. The van der Waals surface area contributed by atoms with Crippen molar-refractivity contribution in [2.75, 3.05) is 6.67 Å². The molecule has 2 N–H and O–H groups in total. The Balaban J connectivity index is 3.56. The van der Waals surface area contributed by atoms with Gasteiger partial charge in [-0.25, -0.2) is 4.39 Å². The van der Waals surface area contributed by atoms with Gasteiger partial charge in [0, 0.05) is 0 Å². The molecule has 0 aromatic carbocycles. The molecular weight excluding hydrogens is 195 g/mol. The van der Waals surface area contributed by atoms with E-state index >= 15 is 0 Å². The number of hydrogen-bond donors (Lipinski definition) is 2. The van der Waals surface area contributed by atoms with Crippen LogP contribution in [0.1, 0.15) is 46.5 Å². The van der Waals surface area contributed by atoms with E-state index in [2.05, 4.69) is 13.8 Å². The predicted molar refractivity (Wildman–Crippen MR) is 60.5 cm³/mol. The second-order valence-electron chi connectivity index (χ2n) is 5.01. The minimum atomic E-state index is -0.831. The lowest BCUT2D eigenvalue weighted by Crippen LogP contribution is -2.16. The van der Waals surface area contributed by atoms with Gasteiger partial charge in [0.15, 0.2) is 0 Å². The number of rotatable bonds is 8. The van der Waals surface area contributed by atoms with Gasteiger partial charge >= 0.3 is 0 Å². The molecule has 0 aliphatic heterocycles. The highest BCUT2D eigenvalue weighted by atomic mass is 19.1. The van der Waals surface area contributed by atoms with E-state index in [4.69, 9.17) is 5.11 Å². The van der Waals surface area contributed by atoms with Crippen molar-refractivity contribution in [3.05, 3.63) is 0 Å². The third-order valence-corrected chi connectivity index (χ3v) is 2.59. The first kappa shape index (κ1) is 14.8. The zero-order valence-electron chi connectivity index (χ0n) is 10.1. The van der Waals surface area contributed by atoms with Crippen molar-refractivity contribution in [2.45, 2.75) is 58.7 Å². The molecular formula is C12H25FO2. The maximum atomic E-state index is 12.0. The standard InChI is InChI=1S/C12H25FO2/c1-9(2)6-11(14)5-4-10(3)7-12(15)8-13/h9-12,14-15H,4-8H2,1-3H3. The largest absolute Gasteiger partial charge is 0.393 e. The summed E-state index contributed by atoms with van der Waals surface area (Å²) in [5.74, 6) is 0.782. The topological polar surface area (TPSA) is 40.5 Å². The minimum Gasteiger partial charge on any atom is -0.393 e. The van der Waals surface area contributed by atoms with Crippen molar-refractivity contribution in [1.82, 2.24) is 0 Å². The van der Waals surface area contributed by atoms with E-state index in [1.54, 1.807) is 0 Å². The summed E-state index contributed by atoms with van der Waals surface area (Å²) in [6, 6.07) is 0. The molecule has 0 aromatic heterocycles. The van der Waals surface area contributed by atoms with Crippen LogP contribution in [0.25, 0.3) is 0 Å². The number of aliphatic hydroxyl groups is 2. The second kappa shape index (κ2) is 8.05. The van der Waals surface area contributed by atoms with Crippen LogP contribution in [0.3, 0.4) is 0 Å². The van der Waals surface area contributed by atoms with Crippen molar-refractivity contribution in [3.8, 4) is 0 Å². The minimum absolute atomic E-state index is 0.255. The average Bonchev–Trinajstić information content (AvgIpc) is 2.13. The van der Waals surface area contributed by atoms with Gasteiger partial charge in [0.1, 0.15) is 6.67 Å². The first-order valence-corrected chi connectivity index (χ1v) is 5.87. The van der Waals surface area contributed by atoms with Crippen LogP contribution in [-0.4, -0.2) is 29.1 Å². The Bertz CT molecular complexity index is 151. The smallest absolute Gasteiger partial charge is 0.115 e. The molecule has 0 radical (unpaired) electrons. The molecule has 92 valence electrons. The van der Waals surface area contributed by atoms with Gasteiger partial charge in [-0.05, 0) is 37.5 Å². The molecule has 0 amide bonds. The molecule has 3 unspecified atom stereocenters. The van der Waals surface area contributed by atoms with E-state index in [-0.39, 0.29) is 12.0 Å². The van der Waals surface area contributed by atoms with Crippen LogP contribution in [0.4, 0.5) is 4.39 Å². The van der Waals surface area contributed by atoms with Crippen LogP contribution in [0, 0.1) is 11.8 Å². The quantitative estimate of drug-likeness (QED) is 0.660. The number of aliphatic hydroxyl groups excluding tert-OH is 2. The third kappa shape index (κ3) is 8.82. The van der Waals surface area contributed by atoms with E-state index < -0.39 is 12.8 Å². The van der Waals surface area contributed by atoms with Crippen molar-refractivity contribution in [2.24, 2.45) is 11.8 Å². The van der Waals surface area contributed by atoms with Gasteiger partial charge in [0.05, 0.1) is 12.2 Å². The lowest BCUT2D eigenvalue weighted by atomic mass is 9.94. The van der Waals surface area contributed by atoms with Gasteiger partial charge in [0.2, 0.25) is 0 Å². The molecule has 0 rings (SSSR count). The van der Waals surface area contributed by atoms with Crippen molar-refractivity contribution < 1.29 is 14.6 Å². The molecule has 15 heavy (non-hydrogen) atoms. The maximum absolute atomic E-state index is 12.0. The summed E-state index contributed by atoms with van der Waals surface area (Å²) < 4.78 is 12.0. The van der Waals surface area contributed by atoms with Gasteiger partial charge in [-0.3, -0.25) is 0 Å². The molecule has 0 aliphatic carbocycles. The molecule has 0 spiro atoms. The molecule has 0 bridgehead atoms. The fourth-order valence-electron chi connectivity index (χ4n) is 1.78. The monoisotopic (exact) mass is 220 g/mol. The molecule has 0 saturated carbocycles. The third-order valence-electron chi connectivity index (χ3n) is 2.59. The second-order valence-corrected chi connectivity index (χ2v) is 5.01. The Labute approximate surface area is 92.5 Å². The Morgan fingerprint density at radius 2 is 1.53 bits per heavy atom. The normalized spacial score (nSPS) is 17.8. The molecule has 0 aliphatic rings. The Morgan fingerprint density at radius 3 is 2.00 bits per heavy atom. The van der Waals surface area contributed by atoms with Gasteiger partial charge in [-0.15, -0.1) is 0 Å². The SMILES string of the molecule is CC(C)CC(O)CCC(C)CC(O)CF. The van der Waals surface area contributed by atoms with E-state index in [1.807, 2.05) is 6.92 Å². The van der Waals surface area contributed by atoms with E-state index in [9.17, 15) is 9.50 Å². The number of halogens is 1. The molecule has 0 heterocycles. The van der Waals surface area contributed by atoms with Gasteiger partial charge in [-0.2, -0.15) is 0 Å². The van der Waals surface area contributed by atoms with Crippen molar-refractivity contribution in [3.63, 3.8) is 0 Å². The van der Waals surface area contributed by atoms with Crippen LogP contribution in [-0.2, 0) is 0 Å². The Morgan fingerprint density at radius 1 is 0.933 bits per heavy atom. The fourth-order valence-corrected chi connectivity index (χ4v) is 1.78. The van der Waals surface area contributed by atoms with Gasteiger partial charge < -0.3 is 10.2 Å². The fraction of sp³-hybridized carbons (Fsp3) is 1.00. The Kier molecular flexibility index (Phi) is 7.97. The van der Waals surface area contributed by atoms with E-state index in [0.29, 0.717) is 12.3 Å². The maximum Gasteiger partial charge on any atom is 0.115 e. The van der Waals surface area contributed by atoms with Crippen molar-refractivity contribution in [1.29, 1.82) is 0 Å². The van der Waals surface area contributed by atoms with Crippen LogP contribution in [0.15, 0.2) is 0 Å². The number of alkyl halides is 1. The zero-order valence-corrected chi connectivity index (χ0v) is 10.1. The molecule has 3 heteroatoms. The lowest BCUT2D eigenvalue weighted by Gasteiger charge is -2.17. The summed E-state index contributed by atoms with van der Waals surface area (Å²) >= 11 is 0. The first-order chi connectivity index (χ1) is 6.95. The summed E-state index contributed by atoms with van der Waals surface area (Å²) in [6.07, 6.45) is 1.82. The molecule has 0 fully saturated rings. The summed E-state index contributed by atoms with van der Waals surface area (Å²) in [5.41, 5.74) is 0. The Hall–Kier alpha value is -0.150. The summed E-state index contributed by atoms with van der Waals surface area (Å²) in [5, 5.41) is 18.7. The molecule has 3 atom stereocenters. The highest BCUT2D eigenvalue weighted by molar-refractivity contribution is 4.65. The molecule has 0 saturated heterocycles. The van der Waals surface area contributed by atoms with E-state index in [0.717, 1.165) is 19.3 Å². The summed E-state index contributed by atoms with van der Waals surface area (Å²) in [7, 11) is 0. The van der Waals surface area contributed by atoms with Crippen molar-refractivity contribution >= 4 is 0 Å². The summed E-state index contributed by atoms with van der Waals surface area (Å²) in [6.45, 7) is 5.48. The summed E-state index contributed by atoms with van der Waals surface area (Å²) in [4.78, 5) is 0. The van der Waals surface area contributed by atoms with Gasteiger partial charge in [-0.1, -0.05) is 20.8 Å². The van der Waals surface area contributed by atoms with Crippen LogP contribution in [0.5, 0.6) is 0 Å². The molecule has 0 aromatic rings. The van der Waals surface area contributed by atoms with Crippen LogP contribution < -0.4 is 0 Å². The highest BCUT2D eigenvalue weighted by Gasteiger charge is 2.13. The predicted octanol–water partition coefficient (Wildman–Crippen LogP) is 2.53.